The highest BCUT2D eigenvalue weighted by molar-refractivity contribution is 7.17. The van der Waals surface area contributed by atoms with Gasteiger partial charge in [-0.3, -0.25) is 4.79 Å². The maximum atomic E-state index is 14.4. The van der Waals surface area contributed by atoms with E-state index >= 15 is 0 Å². The second-order valence-corrected chi connectivity index (χ2v) is 7.67. The topological polar surface area (TPSA) is 56.5 Å². The Morgan fingerprint density at radius 3 is 3.04 bits per heavy atom. The number of ether oxygens (including phenoxy) is 1. The number of fused-ring (bicyclic) bond motifs is 2. The Morgan fingerprint density at radius 1 is 1.30 bits per heavy atom. The van der Waals surface area contributed by atoms with Crippen LogP contribution in [0.2, 0.25) is 0 Å². The molecule has 0 radical (unpaired) electrons. The van der Waals surface area contributed by atoms with E-state index in [4.69, 9.17) is 4.74 Å². The van der Waals surface area contributed by atoms with Gasteiger partial charge in [-0.1, -0.05) is 17.4 Å². The molecule has 5 nitrogen and oxygen atoms in total. The third-order valence-corrected chi connectivity index (χ3v) is 5.93. The number of nitrogens with zero attached hydrogens (tertiary/aromatic N) is 3. The van der Waals surface area contributed by atoms with Gasteiger partial charge in [-0.25, -0.2) is 9.37 Å². The van der Waals surface area contributed by atoms with Crippen molar-refractivity contribution in [2.24, 2.45) is 4.99 Å². The molecule has 4 aromatic rings. The monoisotopic (exact) mass is 401 g/mol. The van der Waals surface area contributed by atoms with E-state index in [2.05, 4.69) is 9.98 Å². The molecule has 4 rings (SSSR count). The van der Waals surface area contributed by atoms with Gasteiger partial charge < -0.3 is 9.30 Å². The predicted molar refractivity (Wildman–Crippen MR) is 106 cm³/mol. The summed E-state index contributed by atoms with van der Waals surface area (Å²) in [6, 6.07) is 10.2. The van der Waals surface area contributed by atoms with Gasteiger partial charge in [0.25, 0.3) is 5.91 Å². The smallest absolute Gasteiger partial charge is 0.279 e. The number of thiazole rings is 2. The largest absolute Gasteiger partial charge is 0.380 e. The van der Waals surface area contributed by atoms with Crippen LogP contribution in [0.25, 0.3) is 20.4 Å². The van der Waals surface area contributed by atoms with Crippen LogP contribution in [0.1, 0.15) is 17.3 Å². The Labute approximate surface area is 162 Å². The Bertz CT molecular complexity index is 1190. The Kier molecular flexibility index (Phi) is 5.11. The van der Waals surface area contributed by atoms with Crippen LogP contribution in [0.5, 0.6) is 0 Å². The van der Waals surface area contributed by atoms with E-state index in [9.17, 15) is 9.18 Å². The van der Waals surface area contributed by atoms with Crippen molar-refractivity contribution in [3.63, 3.8) is 0 Å². The second-order valence-electron chi connectivity index (χ2n) is 5.77. The van der Waals surface area contributed by atoms with E-state index < -0.39 is 0 Å². The number of rotatable bonds is 5. The summed E-state index contributed by atoms with van der Waals surface area (Å²) in [7, 11) is 0. The van der Waals surface area contributed by atoms with Crippen molar-refractivity contribution in [3.05, 3.63) is 58.1 Å². The van der Waals surface area contributed by atoms with Crippen molar-refractivity contribution in [2.45, 2.75) is 13.5 Å². The van der Waals surface area contributed by atoms with Crippen molar-refractivity contribution in [3.8, 4) is 0 Å². The first-order valence-electron chi connectivity index (χ1n) is 8.45. The molecule has 0 atom stereocenters. The zero-order valence-corrected chi connectivity index (χ0v) is 16.1. The molecule has 0 unspecified atom stereocenters. The summed E-state index contributed by atoms with van der Waals surface area (Å²) in [6.07, 6.45) is 0. The minimum absolute atomic E-state index is 0.333. The van der Waals surface area contributed by atoms with Crippen molar-refractivity contribution in [1.82, 2.24) is 9.55 Å². The number of halogens is 1. The SMILES string of the molecule is CCOCCn1c(=NC(=O)c2ccc3ncsc3c2)sc2cccc(F)c21. The third-order valence-electron chi connectivity index (χ3n) is 4.09. The second kappa shape index (κ2) is 7.67. The molecule has 2 aromatic carbocycles. The fourth-order valence-electron chi connectivity index (χ4n) is 2.82. The zero-order chi connectivity index (χ0) is 18.8. The van der Waals surface area contributed by atoms with Crippen LogP contribution in [0, 0.1) is 5.82 Å². The highest BCUT2D eigenvalue weighted by Crippen LogP contribution is 2.22. The van der Waals surface area contributed by atoms with E-state index in [0.29, 0.717) is 35.6 Å². The van der Waals surface area contributed by atoms with Gasteiger partial charge >= 0.3 is 0 Å². The standard InChI is InChI=1S/C19H16FN3O2S2/c1-2-25-9-8-23-17-13(20)4-3-5-15(17)27-19(23)22-18(24)12-6-7-14-16(10-12)26-11-21-14/h3-7,10-11H,2,8-9H2,1H3. The van der Waals surface area contributed by atoms with Crippen molar-refractivity contribution < 1.29 is 13.9 Å². The molecule has 0 saturated heterocycles. The molecule has 0 bridgehead atoms. The summed E-state index contributed by atoms with van der Waals surface area (Å²) in [5, 5.41) is 0. The highest BCUT2D eigenvalue weighted by Gasteiger charge is 2.13. The number of hydrogen-bond donors (Lipinski definition) is 0. The molecule has 0 aliphatic heterocycles. The first-order chi connectivity index (χ1) is 13.2. The van der Waals surface area contributed by atoms with Crippen LogP contribution < -0.4 is 4.80 Å². The van der Waals surface area contributed by atoms with Crippen molar-refractivity contribution in [1.29, 1.82) is 0 Å². The van der Waals surface area contributed by atoms with Crippen LogP contribution in [0.3, 0.4) is 0 Å². The first kappa shape index (κ1) is 18.0. The highest BCUT2D eigenvalue weighted by atomic mass is 32.1. The van der Waals surface area contributed by atoms with Gasteiger partial charge in [0.15, 0.2) is 4.80 Å². The van der Waals surface area contributed by atoms with Crippen LogP contribution in [-0.4, -0.2) is 28.7 Å². The average Bonchev–Trinajstić information content (AvgIpc) is 3.26. The van der Waals surface area contributed by atoms with Crippen LogP contribution in [0.15, 0.2) is 46.9 Å². The van der Waals surface area contributed by atoms with E-state index in [1.165, 1.54) is 28.7 Å². The minimum Gasteiger partial charge on any atom is -0.380 e. The van der Waals surface area contributed by atoms with Gasteiger partial charge in [-0.05, 0) is 37.3 Å². The molecular weight excluding hydrogens is 385 g/mol. The summed E-state index contributed by atoms with van der Waals surface area (Å²) in [6.45, 7) is 3.33. The van der Waals surface area contributed by atoms with Gasteiger partial charge in [0.1, 0.15) is 5.82 Å². The molecule has 0 N–H and O–H groups in total. The van der Waals surface area contributed by atoms with Crippen molar-refractivity contribution >= 4 is 49.0 Å². The van der Waals surface area contributed by atoms with Crippen LogP contribution in [0.4, 0.5) is 4.39 Å². The number of carbonyl (C=O) groups excluding carboxylic acids is 1. The summed E-state index contributed by atoms with van der Waals surface area (Å²) < 4.78 is 23.2. The van der Waals surface area contributed by atoms with Gasteiger partial charge in [0, 0.05) is 18.7 Å². The third kappa shape index (κ3) is 3.55. The summed E-state index contributed by atoms with van der Waals surface area (Å²) >= 11 is 2.77. The molecular formula is C19H16FN3O2S2. The minimum atomic E-state index is -0.359. The Hall–Kier alpha value is -2.42. The number of carbonyl (C=O) groups is 1. The number of aromatic nitrogens is 2. The summed E-state index contributed by atoms with van der Waals surface area (Å²) in [5.74, 6) is -0.692. The molecule has 0 saturated carbocycles. The van der Waals surface area contributed by atoms with Crippen molar-refractivity contribution in [2.75, 3.05) is 13.2 Å². The van der Waals surface area contributed by atoms with Gasteiger partial charge in [0.05, 0.1) is 32.6 Å². The van der Waals surface area contributed by atoms with Gasteiger partial charge in [0.2, 0.25) is 0 Å². The molecule has 27 heavy (non-hydrogen) atoms. The van der Waals surface area contributed by atoms with E-state index in [1.54, 1.807) is 28.3 Å². The number of para-hydroxylation sites is 1. The molecule has 2 aromatic heterocycles. The fourth-order valence-corrected chi connectivity index (χ4v) is 4.60. The first-order valence-corrected chi connectivity index (χ1v) is 10.1. The average molecular weight is 401 g/mol. The molecule has 8 heteroatoms. The Balaban J connectivity index is 1.79. The number of hydrogen-bond acceptors (Lipinski definition) is 5. The fraction of sp³-hybridized carbons (Fsp3) is 0.211. The molecule has 0 spiro atoms. The molecule has 0 aliphatic carbocycles. The molecule has 0 fully saturated rings. The molecule has 1 amide bonds. The lowest BCUT2D eigenvalue weighted by atomic mass is 10.2. The summed E-state index contributed by atoms with van der Waals surface area (Å²) in [4.78, 5) is 21.7. The quantitative estimate of drug-likeness (QED) is 0.470. The zero-order valence-electron chi connectivity index (χ0n) is 14.5. The predicted octanol–water partition coefficient (Wildman–Crippen LogP) is 4.23. The van der Waals surface area contributed by atoms with E-state index in [-0.39, 0.29) is 11.7 Å². The molecule has 0 aliphatic rings. The lowest BCUT2D eigenvalue weighted by molar-refractivity contribution is 0.0996. The summed E-state index contributed by atoms with van der Waals surface area (Å²) in [5.41, 5.74) is 3.53. The van der Waals surface area contributed by atoms with Gasteiger partial charge in [-0.15, -0.1) is 11.3 Å². The van der Waals surface area contributed by atoms with E-state index in [1.807, 2.05) is 19.1 Å². The lowest BCUT2D eigenvalue weighted by Crippen LogP contribution is -2.20. The maximum absolute atomic E-state index is 14.4. The van der Waals surface area contributed by atoms with Crippen LogP contribution >= 0.6 is 22.7 Å². The normalized spacial score (nSPS) is 12.3. The Morgan fingerprint density at radius 2 is 2.19 bits per heavy atom. The van der Waals surface area contributed by atoms with Crippen LogP contribution in [-0.2, 0) is 11.3 Å². The van der Waals surface area contributed by atoms with E-state index in [0.717, 1.165) is 14.9 Å². The lowest BCUT2D eigenvalue weighted by Gasteiger charge is -2.06. The molecule has 138 valence electrons. The molecule has 2 heterocycles. The van der Waals surface area contributed by atoms with Gasteiger partial charge in [-0.2, -0.15) is 4.99 Å². The number of amides is 1. The number of benzene rings is 2. The maximum Gasteiger partial charge on any atom is 0.279 e.